The fraction of sp³-hybridized carbons (Fsp3) is 0.250. The van der Waals surface area contributed by atoms with Crippen molar-refractivity contribution in [2.45, 2.75) is 18.2 Å². The number of carbonyl (C=O) groups excluding carboxylic acids is 1. The van der Waals surface area contributed by atoms with E-state index in [9.17, 15) is 17.1 Å². The first-order valence-corrected chi connectivity index (χ1v) is 6.74. The third-order valence-corrected chi connectivity index (χ3v) is 3.06. The first-order chi connectivity index (χ1) is 8.41. The Morgan fingerprint density at radius 2 is 2.06 bits per heavy atom. The van der Waals surface area contributed by atoms with Crippen molar-refractivity contribution in [3.8, 4) is 0 Å². The summed E-state index contributed by atoms with van der Waals surface area (Å²) in [7, 11) is -4.71. The Labute approximate surface area is 106 Å². The van der Waals surface area contributed by atoms with Crippen LogP contribution in [0.4, 0.5) is 3.89 Å². The van der Waals surface area contributed by atoms with Crippen molar-refractivity contribution in [3.05, 3.63) is 35.9 Å². The molecular weight excluding hydrogens is 257 g/mol. The smallest absolute Gasteiger partial charge is 0.332 e. The molecule has 0 fully saturated rings. The molecule has 0 aliphatic rings. The van der Waals surface area contributed by atoms with Gasteiger partial charge in [-0.25, -0.2) is 0 Å². The molecule has 4 nitrogen and oxygen atoms in total. The molecule has 0 radical (unpaired) electrons. The first-order valence-electron chi connectivity index (χ1n) is 5.36. The van der Waals surface area contributed by atoms with E-state index in [1.807, 2.05) is 0 Å². The molecule has 1 N–H and O–H groups in total. The Morgan fingerprint density at radius 1 is 1.39 bits per heavy atom. The van der Waals surface area contributed by atoms with E-state index in [1.165, 1.54) is 31.2 Å². The molecule has 0 atom stereocenters. The van der Waals surface area contributed by atoms with Gasteiger partial charge in [-0.05, 0) is 18.1 Å². The van der Waals surface area contributed by atoms with Crippen LogP contribution in [0.5, 0.6) is 0 Å². The molecule has 0 saturated carbocycles. The summed E-state index contributed by atoms with van der Waals surface area (Å²) in [5, 5.41) is 2.59. The Kier molecular flexibility index (Phi) is 5.03. The minimum absolute atomic E-state index is 0.130. The molecule has 0 spiro atoms. The standard InChI is InChI=1S/C12H14FNO3S/c1-10(15)14-9-5-4-7-11-6-2-3-8-12(11)18(13,16)17/h2-4,6-8H,5,9H2,1H3,(H,14,15). The Bertz CT molecular complexity index is 552. The second kappa shape index (κ2) is 6.30. The average molecular weight is 271 g/mol. The number of amides is 1. The number of nitrogens with one attached hydrogen (secondary N) is 1. The van der Waals surface area contributed by atoms with Crippen LogP contribution in [0.1, 0.15) is 18.9 Å². The molecule has 0 unspecified atom stereocenters. The SMILES string of the molecule is CC(=O)NCCC=Cc1ccccc1S(=O)(=O)F. The average Bonchev–Trinajstić information content (AvgIpc) is 2.27. The highest BCUT2D eigenvalue weighted by Crippen LogP contribution is 2.19. The van der Waals surface area contributed by atoms with Gasteiger partial charge in [-0.3, -0.25) is 4.79 Å². The van der Waals surface area contributed by atoms with Crippen LogP contribution in [-0.2, 0) is 15.0 Å². The molecular formula is C12H14FNO3S. The lowest BCUT2D eigenvalue weighted by atomic mass is 10.2. The maximum atomic E-state index is 12.9. The van der Waals surface area contributed by atoms with Gasteiger partial charge in [0.25, 0.3) is 0 Å². The zero-order chi connectivity index (χ0) is 13.6. The van der Waals surface area contributed by atoms with Crippen LogP contribution in [0.2, 0.25) is 0 Å². The van der Waals surface area contributed by atoms with E-state index in [2.05, 4.69) is 5.32 Å². The molecule has 0 saturated heterocycles. The molecule has 98 valence electrons. The number of hydrogen-bond acceptors (Lipinski definition) is 3. The van der Waals surface area contributed by atoms with Crippen molar-refractivity contribution in [2.24, 2.45) is 0 Å². The maximum Gasteiger partial charge on any atom is 0.332 e. The summed E-state index contributed by atoms with van der Waals surface area (Å²) in [5.74, 6) is -0.130. The van der Waals surface area contributed by atoms with Crippen LogP contribution >= 0.6 is 0 Å². The molecule has 1 amide bonds. The van der Waals surface area contributed by atoms with Crippen LogP contribution in [0.3, 0.4) is 0 Å². The van der Waals surface area contributed by atoms with Gasteiger partial charge in [0.1, 0.15) is 4.90 Å². The lowest BCUT2D eigenvalue weighted by molar-refractivity contribution is -0.118. The van der Waals surface area contributed by atoms with E-state index in [4.69, 9.17) is 0 Å². The van der Waals surface area contributed by atoms with Gasteiger partial charge in [0.15, 0.2) is 0 Å². The van der Waals surface area contributed by atoms with E-state index in [-0.39, 0.29) is 10.8 Å². The van der Waals surface area contributed by atoms with E-state index < -0.39 is 10.2 Å². The minimum atomic E-state index is -4.71. The summed E-state index contributed by atoms with van der Waals surface area (Å²) in [5.41, 5.74) is 0.294. The molecule has 6 heteroatoms. The topological polar surface area (TPSA) is 63.2 Å². The monoisotopic (exact) mass is 271 g/mol. The first kappa shape index (κ1) is 14.4. The lowest BCUT2D eigenvalue weighted by Gasteiger charge is -2.01. The summed E-state index contributed by atoms with van der Waals surface area (Å²) in [4.78, 5) is 10.3. The van der Waals surface area contributed by atoms with E-state index in [0.29, 0.717) is 18.5 Å². The van der Waals surface area contributed by atoms with Gasteiger partial charge in [0.2, 0.25) is 5.91 Å². The molecule has 0 heterocycles. The second-order valence-electron chi connectivity index (χ2n) is 3.65. The van der Waals surface area contributed by atoms with Gasteiger partial charge in [0.05, 0.1) is 0 Å². The molecule has 0 bridgehead atoms. The number of benzene rings is 1. The highest BCUT2D eigenvalue weighted by molar-refractivity contribution is 7.86. The van der Waals surface area contributed by atoms with Crippen LogP contribution in [-0.4, -0.2) is 20.9 Å². The van der Waals surface area contributed by atoms with Crippen LogP contribution in [0, 0.1) is 0 Å². The molecule has 0 aliphatic heterocycles. The number of carbonyl (C=O) groups is 1. The number of halogens is 1. The molecule has 1 aromatic carbocycles. The fourth-order valence-electron chi connectivity index (χ4n) is 1.38. The predicted molar refractivity (Wildman–Crippen MR) is 67.1 cm³/mol. The van der Waals surface area contributed by atoms with Crippen molar-refractivity contribution in [1.29, 1.82) is 0 Å². The molecule has 1 aromatic rings. The number of rotatable bonds is 5. The van der Waals surface area contributed by atoms with Gasteiger partial charge in [0, 0.05) is 13.5 Å². The van der Waals surface area contributed by atoms with Gasteiger partial charge >= 0.3 is 10.2 Å². The van der Waals surface area contributed by atoms with Crippen molar-refractivity contribution < 1.29 is 17.1 Å². The van der Waals surface area contributed by atoms with Crippen molar-refractivity contribution in [2.75, 3.05) is 6.54 Å². The molecule has 0 aliphatic carbocycles. The molecule has 0 aromatic heterocycles. The van der Waals surface area contributed by atoms with E-state index in [1.54, 1.807) is 12.1 Å². The Hall–Kier alpha value is -1.69. The number of hydrogen-bond donors (Lipinski definition) is 1. The van der Waals surface area contributed by atoms with Gasteiger partial charge < -0.3 is 5.32 Å². The Morgan fingerprint density at radius 3 is 2.67 bits per heavy atom. The predicted octanol–water partition coefficient (Wildman–Crippen LogP) is 1.88. The quantitative estimate of drug-likeness (QED) is 0.657. The summed E-state index contributed by atoms with van der Waals surface area (Å²) in [6.45, 7) is 1.87. The highest BCUT2D eigenvalue weighted by atomic mass is 32.3. The van der Waals surface area contributed by atoms with Crippen LogP contribution < -0.4 is 5.32 Å². The van der Waals surface area contributed by atoms with Crippen molar-refractivity contribution in [1.82, 2.24) is 5.32 Å². The maximum absolute atomic E-state index is 12.9. The second-order valence-corrected chi connectivity index (χ2v) is 4.97. The summed E-state index contributed by atoms with van der Waals surface area (Å²) in [6.07, 6.45) is 3.74. The lowest BCUT2D eigenvalue weighted by Crippen LogP contribution is -2.20. The van der Waals surface area contributed by atoms with Crippen molar-refractivity contribution in [3.63, 3.8) is 0 Å². The minimum Gasteiger partial charge on any atom is -0.356 e. The third kappa shape index (κ3) is 4.67. The van der Waals surface area contributed by atoms with E-state index >= 15 is 0 Å². The summed E-state index contributed by atoms with van der Waals surface area (Å²) < 4.78 is 34.7. The van der Waals surface area contributed by atoms with Crippen LogP contribution in [0.25, 0.3) is 6.08 Å². The van der Waals surface area contributed by atoms with Crippen LogP contribution in [0.15, 0.2) is 35.2 Å². The highest BCUT2D eigenvalue weighted by Gasteiger charge is 2.14. The largest absolute Gasteiger partial charge is 0.356 e. The summed E-state index contributed by atoms with van der Waals surface area (Å²) in [6, 6.07) is 5.81. The molecule has 1 rings (SSSR count). The van der Waals surface area contributed by atoms with Crippen molar-refractivity contribution >= 4 is 22.2 Å². The summed E-state index contributed by atoms with van der Waals surface area (Å²) >= 11 is 0. The fourth-order valence-corrected chi connectivity index (χ4v) is 2.04. The third-order valence-electron chi connectivity index (χ3n) is 2.16. The van der Waals surface area contributed by atoms with Gasteiger partial charge in [-0.15, -0.1) is 3.89 Å². The normalized spacial score (nSPS) is 11.7. The van der Waals surface area contributed by atoms with E-state index in [0.717, 1.165) is 0 Å². The Balaban J connectivity index is 2.73. The zero-order valence-electron chi connectivity index (χ0n) is 9.89. The zero-order valence-corrected chi connectivity index (χ0v) is 10.7. The van der Waals surface area contributed by atoms with Gasteiger partial charge in [-0.1, -0.05) is 30.4 Å². The molecule has 18 heavy (non-hydrogen) atoms. The van der Waals surface area contributed by atoms with Gasteiger partial charge in [-0.2, -0.15) is 8.42 Å².